The molecule has 0 saturated carbocycles. The van der Waals surface area contributed by atoms with Crippen molar-refractivity contribution in [2.24, 2.45) is 0 Å². The molecule has 0 amide bonds. The van der Waals surface area contributed by atoms with Crippen LogP contribution < -0.4 is 4.90 Å². The molecule has 0 bridgehead atoms. The summed E-state index contributed by atoms with van der Waals surface area (Å²) in [4.78, 5) is 2.39. The lowest BCUT2D eigenvalue weighted by Gasteiger charge is -2.29. The lowest BCUT2D eigenvalue weighted by Crippen LogP contribution is -2.16. The molecule has 0 atom stereocenters. The number of nitrogens with zero attached hydrogens (tertiary/aromatic N) is 1. The summed E-state index contributed by atoms with van der Waals surface area (Å²) in [6.07, 6.45) is 0. The Kier molecular flexibility index (Phi) is 7.39. The van der Waals surface area contributed by atoms with Gasteiger partial charge in [-0.2, -0.15) is 0 Å². The van der Waals surface area contributed by atoms with Gasteiger partial charge in [0.15, 0.2) is 0 Å². The van der Waals surface area contributed by atoms with Crippen molar-refractivity contribution in [2.75, 3.05) is 4.90 Å². The molecule has 0 aromatic heterocycles. The summed E-state index contributed by atoms with van der Waals surface area (Å²) in [5, 5.41) is 0. The molecule has 0 N–H and O–H groups in total. The van der Waals surface area contributed by atoms with E-state index >= 15 is 0 Å². The van der Waals surface area contributed by atoms with Crippen LogP contribution >= 0.6 is 15.9 Å². The maximum Gasteiger partial charge on any atom is 0.0468 e. The molecule has 1 nitrogen and oxygen atoms in total. The van der Waals surface area contributed by atoms with Crippen LogP contribution in [0.15, 0.2) is 174 Å². The Morgan fingerprint density at radius 3 is 1.51 bits per heavy atom. The van der Waals surface area contributed by atoms with E-state index in [2.05, 4.69) is 205 Å². The van der Waals surface area contributed by atoms with Gasteiger partial charge in [-0.1, -0.05) is 157 Å². The van der Waals surface area contributed by atoms with Crippen LogP contribution in [0.5, 0.6) is 0 Å². The van der Waals surface area contributed by atoms with E-state index in [0.29, 0.717) is 0 Å². The number of fused-ring (bicyclic) bond motifs is 3. The summed E-state index contributed by atoms with van der Waals surface area (Å²) in [7, 11) is 0. The van der Waals surface area contributed by atoms with E-state index in [-0.39, 0.29) is 5.41 Å². The molecule has 0 unspecified atom stereocenters. The maximum atomic E-state index is 3.84. The van der Waals surface area contributed by atoms with Crippen LogP contribution in [-0.2, 0) is 5.41 Å². The Morgan fingerprint density at radius 2 is 0.851 bits per heavy atom. The molecule has 7 aromatic carbocycles. The zero-order chi connectivity index (χ0) is 32.0. The van der Waals surface area contributed by atoms with Crippen LogP contribution in [0.3, 0.4) is 0 Å². The van der Waals surface area contributed by atoms with E-state index in [9.17, 15) is 0 Å². The van der Waals surface area contributed by atoms with Gasteiger partial charge >= 0.3 is 0 Å². The highest BCUT2D eigenvalue weighted by atomic mass is 79.9. The quantitative estimate of drug-likeness (QED) is 0.170. The molecular weight excluding hydrogens is 634 g/mol. The molecule has 0 heterocycles. The summed E-state index contributed by atoms with van der Waals surface area (Å²) in [5.74, 6) is 0. The molecule has 1 aliphatic carbocycles. The van der Waals surface area contributed by atoms with Gasteiger partial charge in [-0.15, -0.1) is 0 Å². The molecule has 2 heteroatoms. The van der Waals surface area contributed by atoms with Crippen molar-refractivity contribution in [3.8, 4) is 44.5 Å². The molecule has 0 radical (unpaired) electrons. The van der Waals surface area contributed by atoms with Gasteiger partial charge < -0.3 is 4.90 Å². The summed E-state index contributed by atoms with van der Waals surface area (Å²) in [5.41, 5.74) is 15.9. The van der Waals surface area contributed by atoms with Crippen molar-refractivity contribution in [1.82, 2.24) is 0 Å². The van der Waals surface area contributed by atoms with E-state index in [1.807, 2.05) is 0 Å². The Labute approximate surface area is 285 Å². The normalized spacial score (nSPS) is 12.7. The number of benzene rings is 7. The number of halogens is 1. The topological polar surface area (TPSA) is 3.24 Å². The first-order chi connectivity index (χ1) is 23.0. The average Bonchev–Trinajstić information content (AvgIpc) is 3.36. The van der Waals surface area contributed by atoms with Crippen LogP contribution in [0.25, 0.3) is 44.5 Å². The predicted octanol–water partition coefficient (Wildman–Crippen LogP) is 13.2. The van der Waals surface area contributed by atoms with Crippen LogP contribution in [-0.4, -0.2) is 0 Å². The monoisotopic (exact) mass is 667 g/mol. The number of hydrogen-bond acceptors (Lipinski definition) is 1. The molecule has 0 saturated heterocycles. The first-order valence-corrected chi connectivity index (χ1v) is 16.9. The SMILES string of the molecule is CC1(C)c2ccccc2-c2ccc(N(c3ccc(-c4ccc(-c5ccccc5)cc4)cc3)c3ccc(Br)c(-c4ccccc4)c3)cc21. The highest BCUT2D eigenvalue weighted by molar-refractivity contribution is 9.10. The summed E-state index contributed by atoms with van der Waals surface area (Å²) in [6, 6.07) is 61.5. The zero-order valence-corrected chi connectivity index (χ0v) is 28.1. The second-order valence-corrected chi connectivity index (χ2v) is 13.6. The van der Waals surface area contributed by atoms with Crippen molar-refractivity contribution in [3.63, 3.8) is 0 Å². The van der Waals surface area contributed by atoms with Crippen LogP contribution in [0.2, 0.25) is 0 Å². The third-order valence-corrected chi connectivity index (χ3v) is 10.3. The highest BCUT2D eigenvalue weighted by Crippen LogP contribution is 2.51. The van der Waals surface area contributed by atoms with E-state index < -0.39 is 0 Å². The third-order valence-electron chi connectivity index (χ3n) is 9.57. The number of rotatable bonds is 6. The van der Waals surface area contributed by atoms with E-state index in [0.717, 1.165) is 27.1 Å². The van der Waals surface area contributed by atoms with Crippen LogP contribution in [0, 0.1) is 0 Å². The molecule has 47 heavy (non-hydrogen) atoms. The average molecular weight is 669 g/mol. The molecule has 0 fully saturated rings. The molecule has 7 aromatic rings. The Hall–Kier alpha value is -5.18. The highest BCUT2D eigenvalue weighted by Gasteiger charge is 2.35. The van der Waals surface area contributed by atoms with Crippen LogP contribution in [0.1, 0.15) is 25.0 Å². The Morgan fingerprint density at radius 1 is 0.383 bits per heavy atom. The van der Waals surface area contributed by atoms with Gasteiger partial charge in [0.05, 0.1) is 0 Å². The fourth-order valence-corrected chi connectivity index (χ4v) is 7.53. The van der Waals surface area contributed by atoms with Gasteiger partial charge in [0, 0.05) is 26.9 Å². The fourth-order valence-electron chi connectivity index (χ4n) is 7.06. The van der Waals surface area contributed by atoms with E-state index in [4.69, 9.17) is 0 Å². The summed E-state index contributed by atoms with van der Waals surface area (Å²) in [6.45, 7) is 4.69. The third kappa shape index (κ3) is 5.29. The van der Waals surface area contributed by atoms with Crippen molar-refractivity contribution < 1.29 is 0 Å². The lowest BCUT2D eigenvalue weighted by molar-refractivity contribution is 0.660. The second-order valence-electron chi connectivity index (χ2n) is 12.8. The molecule has 0 aliphatic heterocycles. The smallest absolute Gasteiger partial charge is 0.0468 e. The van der Waals surface area contributed by atoms with Crippen molar-refractivity contribution in [3.05, 3.63) is 185 Å². The standard InChI is InChI=1S/C45H34BrN/c1-45(2)42-16-10-9-15-39(42)40-27-25-38(30-43(40)45)47(37-26-28-44(46)41(29-37)35-13-7-4-8-14-35)36-23-21-34(22-24-36)33-19-17-32(18-20-33)31-11-5-3-6-12-31/h3-30H,1-2H3. The van der Waals surface area contributed by atoms with Gasteiger partial charge in [0.25, 0.3) is 0 Å². The van der Waals surface area contributed by atoms with E-state index in [1.165, 1.54) is 50.1 Å². The Balaban J connectivity index is 1.22. The van der Waals surface area contributed by atoms with Gasteiger partial charge in [-0.3, -0.25) is 0 Å². The lowest BCUT2D eigenvalue weighted by atomic mass is 9.82. The minimum atomic E-state index is -0.0850. The fraction of sp³-hybridized carbons (Fsp3) is 0.0667. The first-order valence-electron chi connectivity index (χ1n) is 16.1. The largest absolute Gasteiger partial charge is 0.310 e. The van der Waals surface area contributed by atoms with Gasteiger partial charge in [-0.25, -0.2) is 0 Å². The van der Waals surface area contributed by atoms with Crippen molar-refractivity contribution in [2.45, 2.75) is 19.3 Å². The molecule has 0 spiro atoms. The molecule has 8 rings (SSSR count). The number of anilines is 3. The van der Waals surface area contributed by atoms with E-state index in [1.54, 1.807) is 0 Å². The number of hydrogen-bond donors (Lipinski definition) is 0. The van der Waals surface area contributed by atoms with Crippen LogP contribution in [0.4, 0.5) is 17.1 Å². The minimum Gasteiger partial charge on any atom is -0.310 e. The minimum absolute atomic E-state index is 0.0850. The Bertz CT molecular complexity index is 2200. The second kappa shape index (κ2) is 11.9. The predicted molar refractivity (Wildman–Crippen MR) is 203 cm³/mol. The molecular formula is C45H34BrN. The van der Waals surface area contributed by atoms with Crippen molar-refractivity contribution in [1.29, 1.82) is 0 Å². The summed E-state index contributed by atoms with van der Waals surface area (Å²) >= 11 is 3.84. The van der Waals surface area contributed by atoms with Gasteiger partial charge in [0.2, 0.25) is 0 Å². The van der Waals surface area contributed by atoms with Crippen molar-refractivity contribution >= 4 is 33.0 Å². The summed E-state index contributed by atoms with van der Waals surface area (Å²) < 4.78 is 1.08. The van der Waals surface area contributed by atoms with Gasteiger partial charge in [-0.05, 0) is 98.1 Å². The zero-order valence-electron chi connectivity index (χ0n) is 26.5. The first kappa shape index (κ1) is 29.2. The molecule has 226 valence electrons. The van der Waals surface area contributed by atoms with Gasteiger partial charge in [0.1, 0.15) is 0 Å². The maximum absolute atomic E-state index is 3.84. The molecule has 1 aliphatic rings.